The van der Waals surface area contributed by atoms with Gasteiger partial charge in [-0.3, -0.25) is 0 Å². The molecule has 106 valence electrons. The average Bonchev–Trinajstić information content (AvgIpc) is 2.41. The summed E-state index contributed by atoms with van der Waals surface area (Å²) in [7, 11) is 0. The number of hydrogen-bond donors (Lipinski definition) is 1. The molecule has 1 aromatic carbocycles. The fraction of sp³-hybridized carbons (Fsp3) is 0.214. The van der Waals surface area contributed by atoms with Crippen molar-refractivity contribution in [1.29, 1.82) is 0 Å². The first kappa shape index (κ1) is 14.7. The molecule has 2 rings (SSSR count). The topological polar surface area (TPSA) is 34.2 Å². The van der Waals surface area contributed by atoms with E-state index in [4.69, 9.17) is 0 Å². The number of rotatable bonds is 5. The standard InChI is InChI=1S/C14H13BrF2N2O/c1-9(19-11-6-4-8-18-13(11)15)10-5-2-3-7-12(10)20-14(16)17/h2-9,14,19H,1H3. The quantitative estimate of drug-likeness (QED) is 0.805. The van der Waals surface area contributed by atoms with E-state index in [1.54, 1.807) is 30.5 Å². The Labute approximate surface area is 124 Å². The Balaban J connectivity index is 2.21. The molecule has 20 heavy (non-hydrogen) atoms. The lowest BCUT2D eigenvalue weighted by atomic mass is 10.1. The summed E-state index contributed by atoms with van der Waals surface area (Å²) in [4.78, 5) is 4.10. The smallest absolute Gasteiger partial charge is 0.387 e. The zero-order valence-electron chi connectivity index (χ0n) is 10.7. The van der Waals surface area contributed by atoms with Crippen LogP contribution in [0.5, 0.6) is 5.75 Å². The largest absolute Gasteiger partial charge is 0.434 e. The summed E-state index contributed by atoms with van der Waals surface area (Å²) in [5.41, 5.74) is 1.44. The van der Waals surface area contributed by atoms with Gasteiger partial charge in [0.15, 0.2) is 0 Å². The van der Waals surface area contributed by atoms with Crippen molar-refractivity contribution >= 4 is 21.6 Å². The molecule has 0 aliphatic carbocycles. The molecule has 0 saturated carbocycles. The predicted molar refractivity (Wildman–Crippen MR) is 77.0 cm³/mol. The Morgan fingerprint density at radius 3 is 2.65 bits per heavy atom. The summed E-state index contributed by atoms with van der Waals surface area (Å²) in [6.07, 6.45) is 1.66. The van der Waals surface area contributed by atoms with E-state index in [2.05, 4.69) is 31.0 Å². The number of ether oxygens (including phenoxy) is 1. The molecule has 0 spiro atoms. The zero-order chi connectivity index (χ0) is 14.5. The second-order valence-corrected chi connectivity index (χ2v) is 4.88. The first-order chi connectivity index (χ1) is 9.58. The number of anilines is 1. The van der Waals surface area contributed by atoms with Crippen LogP contribution in [0.2, 0.25) is 0 Å². The van der Waals surface area contributed by atoms with Crippen molar-refractivity contribution < 1.29 is 13.5 Å². The fourth-order valence-electron chi connectivity index (χ4n) is 1.85. The van der Waals surface area contributed by atoms with Gasteiger partial charge in [-0.1, -0.05) is 18.2 Å². The third-order valence-corrected chi connectivity index (χ3v) is 3.36. The molecule has 1 N–H and O–H groups in total. The van der Waals surface area contributed by atoms with Crippen molar-refractivity contribution in [3.63, 3.8) is 0 Å². The van der Waals surface area contributed by atoms with Crippen LogP contribution in [0.25, 0.3) is 0 Å². The molecule has 0 aliphatic heterocycles. The first-order valence-electron chi connectivity index (χ1n) is 5.98. The molecule has 1 aromatic heterocycles. The Kier molecular flexibility index (Phi) is 4.89. The van der Waals surface area contributed by atoms with E-state index in [9.17, 15) is 8.78 Å². The number of para-hydroxylation sites is 1. The highest BCUT2D eigenvalue weighted by Gasteiger charge is 2.15. The van der Waals surface area contributed by atoms with Gasteiger partial charge in [0.1, 0.15) is 10.4 Å². The number of alkyl halides is 2. The van der Waals surface area contributed by atoms with E-state index in [0.717, 1.165) is 5.69 Å². The van der Waals surface area contributed by atoms with Gasteiger partial charge in [-0.2, -0.15) is 8.78 Å². The lowest BCUT2D eigenvalue weighted by Crippen LogP contribution is -2.11. The zero-order valence-corrected chi connectivity index (χ0v) is 12.3. The average molecular weight is 343 g/mol. The highest BCUT2D eigenvalue weighted by molar-refractivity contribution is 9.10. The minimum atomic E-state index is -2.84. The molecule has 3 nitrogen and oxygen atoms in total. The van der Waals surface area contributed by atoms with Crippen LogP contribution in [0.4, 0.5) is 14.5 Å². The second-order valence-electron chi connectivity index (χ2n) is 4.12. The summed E-state index contributed by atoms with van der Waals surface area (Å²) < 4.78 is 30.0. The number of benzene rings is 1. The molecule has 1 atom stereocenters. The van der Waals surface area contributed by atoms with Crippen LogP contribution in [0, 0.1) is 0 Å². The van der Waals surface area contributed by atoms with Gasteiger partial charge in [0.2, 0.25) is 0 Å². The number of pyridine rings is 1. The van der Waals surface area contributed by atoms with Gasteiger partial charge in [0.25, 0.3) is 0 Å². The van der Waals surface area contributed by atoms with E-state index in [-0.39, 0.29) is 11.8 Å². The van der Waals surface area contributed by atoms with E-state index >= 15 is 0 Å². The van der Waals surface area contributed by atoms with Crippen molar-refractivity contribution in [2.24, 2.45) is 0 Å². The van der Waals surface area contributed by atoms with Crippen LogP contribution in [-0.4, -0.2) is 11.6 Å². The summed E-state index contributed by atoms with van der Waals surface area (Å²) in [6.45, 7) is -0.971. The van der Waals surface area contributed by atoms with Crippen LogP contribution in [0.1, 0.15) is 18.5 Å². The number of aromatic nitrogens is 1. The maximum atomic E-state index is 12.4. The van der Waals surface area contributed by atoms with Gasteiger partial charge in [-0.15, -0.1) is 0 Å². The third kappa shape index (κ3) is 3.66. The lowest BCUT2D eigenvalue weighted by molar-refractivity contribution is -0.0505. The Morgan fingerprint density at radius 1 is 1.20 bits per heavy atom. The van der Waals surface area contributed by atoms with Crippen molar-refractivity contribution in [1.82, 2.24) is 4.98 Å². The number of nitrogens with one attached hydrogen (secondary N) is 1. The normalized spacial score (nSPS) is 12.2. The van der Waals surface area contributed by atoms with Crippen molar-refractivity contribution in [2.75, 3.05) is 5.32 Å². The SMILES string of the molecule is CC(Nc1cccnc1Br)c1ccccc1OC(F)F. The van der Waals surface area contributed by atoms with Crippen LogP contribution < -0.4 is 10.1 Å². The van der Waals surface area contributed by atoms with Crippen molar-refractivity contribution in [3.05, 3.63) is 52.8 Å². The third-order valence-electron chi connectivity index (χ3n) is 2.73. The summed E-state index contributed by atoms with van der Waals surface area (Å²) in [5, 5.41) is 3.21. The van der Waals surface area contributed by atoms with Gasteiger partial charge in [-0.25, -0.2) is 4.98 Å². The molecule has 0 fully saturated rings. The molecular weight excluding hydrogens is 330 g/mol. The fourth-order valence-corrected chi connectivity index (χ4v) is 2.21. The van der Waals surface area contributed by atoms with Gasteiger partial charge in [-0.05, 0) is 41.1 Å². The number of halogens is 3. The van der Waals surface area contributed by atoms with Gasteiger partial charge in [0, 0.05) is 11.8 Å². The van der Waals surface area contributed by atoms with Crippen molar-refractivity contribution in [2.45, 2.75) is 19.6 Å². The van der Waals surface area contributed by atoms with E-state index in [0.29, 0.717) is 10.2 Å². The summed E-state index contributed by atoms with van der Waals surface area (Å²) in [6, 6.07) is 10.2. The lowest BCUT2D eigenvalue weighted by Gasteiger charge is -2.19. The Morgan fingerprint density at radius 2 is 1.95 bits per heavy atom. The van der Waals surface area contributed by atoms with Gasteiger partial charge >= 0.3 is 6.61 Å². The first-order valence-corrected chi connectivity index (χ1v) is 6.78. The van der Waals surface area contributed by atoms with Crippen LogP contribution >= 0.6 is 15.9 Å². The highest BCUT2D eigenvalue weighted by Crippen LogP contribution is 2.30. The molecule has 0 saturated heterocycles. The molecule has 1 heterocycles. The Bertz CT molecular complexity index is 581. The van der Waals surface area contributed by atoms with Crippen molar-refractivity contribution in [3.8, 4) is 5.75 Å². The highest BCUT2D eigenvalue weighted by atomic mass is 79.9. The van der Waals surface area contributed by atoms with E-state index < -0.39 is 6.61 Å². The van der Waals surface area contributed by atoms with Crippen LogP contribution in [0.15, 0.2) is 47.2 Å². The summed E-state index contributed by atoms with van der Waals surface area (Å²) in [5.74, 6) is 0.169. The molecule has 0 radical (unpaired) electrons. The molecule has 0 bridgehead atoms. The number of nitrogens with zero attached hydrogens (tertiary/aromatic N) is 1. The molecule has 6 heteroatoms. The van der Waals surface area contributed by atoms with E-state index in [1.807, 2.05) is 13.0 Å². The van der Waals surface area contributed by atoms with E-state index in [1.165, 1.54) is 6.07 Å². The monoisotopic (exact) mass is 342 g/mol. The minimum absolute atomic E-state index is 0.169. The molecule has 2 aromatic rings. The second kappa shape index (κ2) is 6.65. The molecule has 0 amide bonds. The van der Waals surface area contributed by atoms with Gasteiger partial charge < -0.3 is 10.1 Å². The molecule has 0 aliphatic rings. The van der Waals surface area contributed by atoms with Gasteiger partial charge in [0.05, 0.1) is 11.7 Å². The molecule has 1 unspecified atom stereocenters. The number of hydrogen-bond acceptors (Lipinski definition) is 3. The maximum Gasteiger partial charge on any atom is 0.387 e. The Hall–Kier alpha value is -1.69. The minimum Gasteiger partial charge on any atom is -0.434 e. The van der Waals surface area contributed by atoms with Crippen LogP contribution in [0.3, 0.4) is 0 Å². The van der Waals surface area contributed by atoms with Crippen LogP contribution in [-0.2, 0) is 0 Å². The maximum absolute atomic E-state index is 12.4. The predicted octanol–water partition coefficient (Wildman–Crippen LogP) is 4.62. The molecular formula is C14H13BrF2N2O. The summed E-state index contributed by atoms with van der Waals surface area (Å²) >= 11 is 3.33.